The molecule has 1 unspecified atom stereocenters. The summed E-state index contributed by atoms with van der Waals surface area (Å²) in [5.74, 6) is -1.50. The Bertz CT molecular complexity index is 1260. The molecule has 2 aromatic rings. The van der Waals surface area contributed by atoms with Crippen molar-refractivity contribution < 1.29 is 22.4 Å². The molecule has 0 fully saturated rings. The van der Waals surface area contributed by atoms with E-state index in [9.17, 15) is 27.6 Å². The number of rotatable bonds is 5. The van der Waals surface area contributed by atoms with Gasteiger partial charge in [0.2, 0.25) is 11.7 Å². The second-order valence-electron chi connectivity index (χ2n) is 9.11. The van der Waals surface area contributed by atoms with Gasteiger partial charge in [0, 0.05) is 22.7 Å². The number of alkyl halides is 3. The van der Waals surface area contributed by atoms with Crippen molar-refractivity contribution in [2.75, 3.05) is 17.2 Å². The molecule has 1 aromatic carbocycles. The third kappa shape index (κ3) is 4.07. The molecule has 1 aromatic heterocycles. The van der Waals surface area contributed by atoms with Gasteiger partial charge in [0.1, 0.15) is 17.1 Å². The zero-order chi connectivity index (χ0) is 24.3. The monoisotopic (exact) mass is 483 g/mol. The van der Waals surface area contributed by atoms with Crippen molar-refractivity contribution in [1.82, 2.24) is 5.32 Å². The summed E-state index contributed by atoms with van der Waals surface area (Å²) in [6.45, 7) is 5.54. The summed E-state index contributed by atoms with van der Waals surface area (Å²) in [5.41, 5.74) is -1.33. The van der Waals surface area contributed by atoms with Crippen LogP contribution in [-0.2, 0) is 11.0 Å². The Kier molecular flexibility index (Phi) is 5.47. The molecular weight excluding hydrogens is 463 g/mol. The third-order valence-corrected chi connectivity index (χ3v) is 6.12. The van der Waals surface area contributed by atoms with E-state index in [2.05, 4.69) is 16.0 Å². The molecule has 176 valence electrons. The SMILES string of the molecule is CC(C)(C)[C@@H](Nc1c(NC2CC=C(Cl)C3=C2C(=O)NC3)c(=O)c1=O)c1ccc(C(F)(F)F)o1. The van der Waals surface area contributed by atoms with Gasteiger partial charge >= 0.3 is 6.18 Å². The van der Waals surface area contributed by atoms with Crippen LogP contribution in [-0.4, -0.2) is 18.5 Å². The number of halogens is 4. The van der Waals surface area contributed by atoms with Crippen LogP contribution in [0.15, 0.2) is 48.4 Å². The maximum absolute atomic E-state index is 13.0. The van der Waals surface area contributed by atoms with E-state index >= 15 is 0 Å². The Morgan fingerprint density at radius 2 is 1.79 bits per heavy atom. The van der Waals surface area contributed by atoms with Crippen LogP contribution in [0, 0.1) is 5.41 Å². The minimum absolute atomic E-state index is 0.0265. The predicted octanol–water partition coefficient (Wildman–Crippen LogP) is 3.83. The predicted molar refractivity (Wildman–Crippen MR) is 117 cm³/mol. The van der Waals surface area contributed by atoms with Crippen molar-refractivity contribution in [3.05, 3.63) is 66.4 Å². The van der Waals surface area contributed by atoms with E-state index < -0.39 is 40.3 Å². The van der Waals surface area contributed by atoms with Gasteiger partial charge in [-0.05, 0) is 24.0 Å². The molecule has 3 N–H and O–H groups in total. The molecule has 0 spiro atoms. The van der Waals surface area contributed by atoms with Crippen molar-refractivity contribution in [2.24, 2.45) is 5.41 Å². The van der Waals surface area contributed by atoms with E-state index in [1.54, 1.807) is 26.8 Å². The highest BCUT2D eigenvalue weighted by Crippen LogP contribution is 2.40. The molecule has 1 amide bonds. The summed E-state index contributed by atoms with van der Waals surface area (Å²) in [5, 5.41) is 9.00. The van der Waals surface area contributed by atoms with Gasteiger partial charge in [0.05, 0.1) is 12.1 Å². The Balaban J connectivity index is 1.64. The molecule has 1 aliphatic carbocycles. The summed E-state index contributed by atoms with van der Waals surface area (Å²) < 4.78 is 44.1. The van der Waals surface area contributed by atoms with Crippen LogP contribution in [0.3, 0.4) is 0 Å². The average molecular weight is 484 g/mol. The largest absolute Gasteiger partial charge is 0.454 e. The van der Waals surface area contributed by atoms with Gasteiger partial charge in [-0.2, -0.15) is 13.2 Å². The van der Waals surface area contributed by atoms with Crippen LogP contribution in [0.5, 0.6) is 0 Å². The molecule has 0 radical (unpaired) electrons. The molecule has 11 heteroatoms. The normalized spacial score (nSPS) is 19.9. The minimum atomic E-state index is -4.65. The molecular formula is C22H21ClF3N3O4. The summed E-state index contributed by atoms with van der Waals surface area (Å²) in [7, 11) is 0. The summed E-state index contributed by atoms with van der Waals surface area (Å²) in [6.07, 6.45) is -2.62. The van der Waals surface area contributed by atoms with Crippen LogP contribution >= 0.6 is 11.6 Å². The maximum Gasteiger partial charge on any atom is 0.449 e. The summed E-state index contributed by atoms with van der Waals surface area (Å²) in [6, 6.07) is 0.588. The lowest BCUT2D eigenvalue weighted by molar-refractivity contribution is -0.153. The molecule has 4 rings (SSSR count). The highest BCUT2D eigenvalue weighted by atomic mass is 35.5. The number of hydrogen-bond donors (Lipinski definition) is 3. The number of nitrogens with one attached hydrogen (secondary N) is 3. The van der Waals surface area contributed by atoms with Gasteiger partial charge in [-0.3, -0.25) is 14.4 Å². The molecule has 2 atom stereocenters. The fourth-order valence-electron chi connectivity index (χ4n) is 4.03. The number of carbonyl (C=O) groups excluding carboxylic acids is 1. The fourth-order valence-corrected chi connectivity index (χ4v) is 4.29. The lowest BCUT2D eigenvalue weighted by Crippen LogP contribution is -2.42. The second kappa shape index (κ2) is 7.79. The number of amides is 1. The lowest BCUT2D eigenvalue weighted by Gasteiger charge is -2.32. The first-order valence-corrected chi connectivity index (χ1v) is 10.6. The zero-order valence-electron chi connectivity index (χ0n) is 17.9. The van der Waals surface area contributed by atoms with Gasteiger partial charge in [-0.15, -0.1) is 0 Å². The molecule has 0 bridgehead atoms. The lowest BCUT2D eigenvalue weighted by atomic mass is 9.84. The number of anilines is 2. The third-order valence-electron chi connectivity index (χ3n) is 5.74. The number of furan rings is 1. The van der Waals surface area contributed by atoms with Gasteiger partial charge in [-0.1, -0.05) is 38.4 Å². The zero-order valence-corrected chi connectivity index (χ0v) is 18.7. The van der Waals surface area contributed by atoms with Gasteiger partial charge in [0.15, 0.2) is 0 Å². The molecule has 0 saturated heterocycles. The quantitative estimate of drug-likeness (QED) is 0.559. The molecule has 33 heavy (non-hydrogen) atoms. The van der Waals surface area contributed by atoms with E-state index in [0.717, 1.165) is 6.07 Å². The van der Waals surface area contributed by atoms with Crippen molar-refractivity contribution in [2.45, 2.75) is 45.5 Å². The van der Waals surface area contributed by atoms with Crippen LogP contribution in [0.4, 0.5) is 24.5 Å². The smallest absolute Gasteiger partial charge is 0.449 e. The summed E-state index contributed by atoms with van der Waals surface area (Å²) >= 11 is 6.18. The first-order chi connectivity index (χ1) is 15.3. The first kappa shape index (κ1) is 23.2. The Labute approximate surface area is 191 Å². The van der Waals surface area contributed by atoms with Gasteiger partial charge in [0.25, 0.3) is 10.9 Å². The molecule has 2 heterocycles. The molecule has 1 aliphatic heterocycles. The maximum atomic E-state index is 13.0. The van der Waals surface area contributed by atoms with E-state index in [0.29, 0.717) is 22.6 Å². The number of carbonyl (C=O) groups is 1. The highest BCUT2D eigenvalue weighted by Gasteiger charge is 2.39. The van der Waals surface area contributed by atoms with Crippen molar-refractivity contribution >= 4 is 28.9 Å². The standard InChI is InChI=1S/C22H21ClF3N3O4/c1-21(2,3)19(12-6-7-13(33-12)22(24,25)26)29-16-15(17(30)18(16)31)28-11-5-4-10(23)9-8-27-20(32)14(9)11/h4,6-7,11,19,28-29H,5,8H2,1-3H3,(H,27,32)/t11?,19-/m0/s1. The minimum Gasteiger partial charge on any atom is -0.454 e. The second-order valence-corrected chi connectivity index (χ2v) is 9.52. The van der Waals surface area contributed by atoms with E-state index in [1.807, 2.05) is 0 Å². The van der Waals surface area contributed by atoms with Crippen LogP contribution in [0.2, 0.25) is 0 Å². The van der Waals surface area contributed by atoms with Crippen molar-refractivity contribution in [3.8, 4) is 0 Å². The van der Waals surface area contributed by atoms with Gasteiger partial charge in [-0.25, -0.2) is 0 Å². The average Bonchev–Trinajstić information content (AvgIpc) is 3.35. The van der Waals surface area contributed by atoms with E-state index in [-0.39, 0.29) is 29.6 Å². The van der Waals surface area contributed by atoms with Crippen molar-refractivity contribution in [3.63, 3.8) is 0 Å². The molecule has 0 saturated carbocycles. The van der Waals surface area contributed by atoms with E-state index in [1.165, 1.54) is 6.07 Å². The van der Waals surface area contributed by atoms with Crippen LogP contribution < -0.4 is 26.8 Å². The first-order valence-electron chi connectivity index (χ1n) is 10.2. The Morgan fingerprint density at radius 3 is 2.39 bits per heavy atom. The van der Waals surface area contributed by atoms with Crippen LogP contribution in [0.25, 0.3) is 0 Å². The fraction of sp³-hybridized carbons (Fsp3) is 0.409. The number of hydrogen-bond acceptors (Lipinski definition) is 6. The van der Waals surface area contributed by atoms with Crippen LogP contribution in [0.1, 0.15) is 44.8 Å². The molecule has 7 nitrogen and oxygen atoms in total. The Hall–Kier alpha value is -3.01. The van der Waals surface area contributed by atoms with E-state index in [4.69, 9.17) is 16.0 Å². The Morgan fingerprint density at radius 1 is 1.12 bits per heavy atom. The van der Waals surface area contributed by atoms with Gasteiger partial charge < -0.3 is 20.4 Å². The topological polar surface area (TPSA) is 100 Å². The van der Waals surface area contributed by atoms with Crippen molar-refractivity contribution in [1.29, 1.82) is 0 Å². The molecule has 2 aliphatic rings. The highest BCUT2D eigenvalue weighted by molar-refractivity contribution is 6.33. The summed E-state index contributed by atoms with van der Waals surface area (Å²) in [4.78, 5) is 37.0.